The monoisotopic (exact) mass is 246 g/mol. The van der Waals surface area contributed by atoms with Gasteiger partial charge in [0.15, 0.2) is 0 Å². The minimum absolute atomic E-state index is 0.701. The minimum atomic E-state index is 0.701. The van der Waals surface area contributed by atoms with Crippen molar-refractivity contribution in [2.75, 3.05) is 19.6 Å². The maximum absolute atomic E-state index is 3.60. The molecule has 0 saturated carbocycles. The summed E-state index contributed by atoms with van der Waals surface area (Å²) in [4.78, 5) is 2.58. The quantitative estimate of drug-likeness (QED) is 0.859. The predicted molar refractivity (Wildman–Crippen MR) is 77.7 cm³/mol. The van der Waals surface area contributed by atoms with Crippen molar-refractivity contribution in [1.29, 1.82) is 0 Å². The van der Waals surface area contributed by atoms with Gasteiger partial charge in [-0.2, -0.15) is 0 Å². The van der Waals surface area contributed by atoms with Crippen LogP contribution >= 0.6 is 0 Å². The molecule has 18 heavy (non-hydrogen) atoms. The Morgan fingerprint density at radius 3 is 2.61 bits per heavy atom. The zero-order valence-electron chi connectivity index (χ0n) is 11.9. The first-order valence-corrected chi connectivity index (χ1v) is 7.15. The summed E-state index contributed by atoms with van der Waals surface area (Å²) in [5.41, 5.74) is 2.72. The lowest BCUT2D eigenvalue weighted by atomic mass is 10.1. The van der Waals surface area contributed by atoms with E-state index in [9.17, 15) is 0 Å². The van der Waals surface area contributed by atoms with Crippen LogP contribution in [0.15, 0.2) is 24.3 Å². The zero-order chi connectivity index (χ0) is 13.0. The van der Waals surface area contributed by atoms with Gasteiger partial charge in [-0.05, 0) is 51.8 Å². The summed E-state index contributed by atoms with van der Waals surface area (Å²) < 4.78 is 0. The molecular formula is C16H26N2. The number of benzene rings is 1. The van der Waals surface area contributed by atoms with Crippen LogP contribution in [0.5, 0.6) is 0 Å². The number of hydrogen-bond acceptors (Lipinski definition) is 2. The van der Waals surface area contributed by atoms with Crippen LogP contribution in [0.3, 0.4) is 0 Å². The summed E-state index contributed by atoms with van der Waals surface area (Å²) in [7, 11) is 0. The highest BCUT2D eigenvalue weighted by Gasteiger charge is 2.23. The van der Waals surface area contributed by atoms with Gasteiger partial charge in [-0.15, -0.1) is 0 Å². The highest BCUT2D eigenvalue weighted by molar-refractivity contribution is 5.21. The Bertz CT molecular complexity index is 356. The summed E-state index contributed by atoms with van der Waals surface area (Å²) in [5, 5.41) is 3.60. The Labute approximate surface area is 111 Å². The van der Waals surface area contributed by atoms with E-state index in [4.69, 9.17) is 0 Å². The molecule has 2 nitrogen and oxygen atoms in total. The Hall–Kier alpha value is -0.860. The first-order valence-electron chi connectivity index (χ1n) is 7.15. The smallest absolute Gasteiger partial charge is 0.0205 e. The molecule has 0 radical (unpaired) electrons. The van der Waals surface area contributed by atoms with E-state index in [1.807, 2.05) is 0 Å². The molecule has 1 heterocycles. The van der Waals surface area contributed by atoms with E-state index in [0.717, 1.165) is 19.0 Å². The van der Waals surface area contributed by atoms with E-state index in [2.05, 4.69) is 55.3 Å². The molecule has 1 unspecified atom stereocenters. The van der Waals surface area contributed by atoms with E-state index < -0.39 is 0 Å². The van der Waals surface area contributed by atoms with Crippen LogP contribution in [-0.2, 0) is 6.54 Å². The highest BCUT2D eigenvalue weighted by Crippen LogP contribution is 2.17. The maximum atomic E-state index is 3.60. The molecule has 2 heteroatoms. The Morgan fingerprint density at radius 1 is 1.28 bits per heavy atom. The molecule has 0 aliphatic carbocycles. The van der Waals surface area contributed by atoms with Crippen LogP contribution in [-0.4, -0.2) is 30.6 Å². The third-order valence-corrected chi connectivity index (χ3v) is 3.93. The van der Waals surface area contributed by atoms with Crippen molar-refractivity contribution in [3.63, 3.8) is 0 Å². The number of rotatable bonds is 5. The van der Waals surface area contributed by atoms with E-state index in [-0.39, 0.29) is 0 Å². The van der Waals surface area contributed by atoms with Gasteiger partial charge in [-0.1, -0.05) is 29.8 Å². The molecule has 1 aliphatic heterocycles. The number of aryl methyl sites for hydroxylation is 1. The van der Waals surface area contributed by atoms with E-state index >= 15 is 0 Å². The second-order valence-electron chi connectivity index (χ2n) is 5.86. The Balaban J connectivity index is 1.68. The maximum Gasteiger partial charge on any atom is 0.0205 e. The Kier molecular flexibility index (Phi) is 4.79. The van der Waals surface area contributed by atoms with Gasteiger partial charge in [-0.3, -0.25) is 0 Å². The average Bonchev–Trinajstić information content (AvgIpc) is 2.81. The van der Waals surface area contributed by atoms with Crippen LogP contribution in [0, 0.1) is 12.8 Å². The van der Waals surface area contributed by atoms with Gasteiger partial charge in [0, 0.05) is 19.1 Å². The van der Waals surface area contributed by atoms with E-state index in [1.165, 1.54) is 30.6 Å². The van der Waals surface area contributed by atoms with Gasteiger partial charge in [0.1, 0.15) is 0 Å². The lowest BCUT2D eigenvalue weighted by molar-refractivity contribution is 0.264. The molecule has 2 rings (SSSR count). The fourth-order valence-corrected chi connectivity index (χ4v) is 2.62. The molecule has 0 amide bonds. The van der Waals surface area contributed by atoms with Crippen molar-refractivity contribution in [3.05, 3.63) is 35.4 Å². The van der Waals surface area contributed by atoms with Gasteiger partial charge in [0.25, 0.3) is 0 Å². The van der Waals surface area contributed by atoms with E-state index in [1.54, 1.807) is 0 Å². The van der Waals surface area contributed by atoms with Gasteiger partial charge >= 0.3 is 0 Å². The fourth-order valence-electron chi connectivity index (χ4n) is 2.62. The molecule has 1 atom stereocenters. The molecule has 100 valence electrons. The first kappa shape index (κ1) is 13.6. The second-order valence-corrected chi connectivity index (χ2v) is 5.86. The number of nitrogens with zero attached hydrogens (tertiary/aromatic N) is 1. The van der Waals surface area contributed by atoms with Crippen molar-refractivity contribution in [2.24, 2.45) is 5.92 Å². The zero-order valence-corrected chi connectivity index (χ0v) is 11.9. The van der Waals surface area contributed by atoms with Gasteiger partial charge < -0.3 is 10.2 Å². The lowest BCUT2D eigenvalue weighted by Crippen LogP contribution is -2.30. The van der Waals surface area contributed by atoms with Crippen molar-refractivity contribution in [3.8, 4) is 0 Å². The molecule has 0 bridgehead atoms. The third-order valence-electron chi connectivity index (χ3n) is 3.93. The summed E-state index contributed by atoms with van der Waals surface area (Å²) in [6, 6.07) is 9.52. The van der Waals surface area contributed by atoms with Gasteiger partial charge in [0.2, 0.25) is 0 Å². The number of nitrogens with one attached hydrogen (secondary N) is 1. The minimum Gasteiger partial charge on any atom is -0.312 e. The van der Waals surface area contributed by atoms with E-state index in [0.29, 0.717) is 6.04 Å². The molecule has 1 aromatic rings. The summed E-state index contributed by atoms with van der Waals surface area (Å²) in [6.45, 7) is 11.4. The predicted octanol–water partition coefficient (Wildman–Crippen LogP) is 2.81. The molecule has 1 aromatic carbocycles. The SMILES string of the molecule is Cc1ccc(CNCC2CCN(C(C)C)C2)cc1. The third kappa shape index (κ3) is 3.82. The molecular weight excluding hydrogens is 220 g/mol. The van der Waals surface area contributed by atoms with Crippen molar-refractivity contribution in [2.45, 2.75) is 39.8 Å². The highest BCUT2D eigenvalue weighted by atomic mass is 15.2. The largest absolute Gasteiger partial charge is 0.312 e. The van der Waals surface area contributed by atoms with Crippen LogP contribution in [0.4, 0.5) is 0 Å². The molecule has 1 aliphatic rings. The van der Waals surface area contributed by atoms with Gasteiger partial charge in [-0.25, -0.2) is 0 Å². The number of hydrogen-bond donors (Lipinski definition) is 1. The van der Waals surface area contributed by atoms with Crippen molar-refractivity contribution < 1.29 is 0 Å². The average molecular weight is 246 g/mol. The number of likely N-dealkylation sites (tertiary alicyclic amines) is 1. The standard InChI is InChI=1S/C16H26N2/c1-13(2)18-9-8-16(12-18)11-17-10-15-6-4-14(3)5-7-15/h4-7,13,16-17H,8-12H2,1-3H3. The second kappa shape index (κ2) is 6.35. The molecule has 0 aromatic heterocycles. The molecule has 1 fully saturated rings. The lowest BCUT2D eigenvalue weighted by Gasteiger charge is -2.20. The fraction of sp³-hybridized carbons (Fsp3) is 0.625. The van der Waals surface area contributed by atoms with Gasteiger partial charge in [0.05, 0.1) is 0 Å². The summed E-state index contributed by atoms with van der Waals surface area (Å²) in [5.74, 6) is 0.831. The molecule has 1 N–H and O–H groups in total. The van der Waals surface area contributed by atoms with Crippen molar-refractivity contribution in [1.82, 2.24) is 10.2 Å². The first-order chi connectivity index (χ1) is 8.65. The summed E-state index contributed by atoms with van der Waals surface area (Å²) >= 11 is 0. The normalized spacial score (nSPS) is 20.8. The van der Waals surface area contributed by atoms with Crippen LogP contribution in [0.2, 0.25) is 0 Å². The topological polar surface area (TPSA) is 15.3 Å². The Morgan fingerprint density at radius 2 is 2.00 bits per heavy atom. The van der Waals surface area contributed by atoms with Crippen LogP contribution < -0.4 is 5.32 Å². The van der Waals surface area contributed by atoms with Crippen LogP contribution in [0.25, 0.3) is 0 Å². The summed E-state index contributed by atoms with van der Waals surface area (Å²) in [6.07, 6.45) is 1.35. The van der Waals surface area contributed by atoms with Crippen molar-refractivity contribution >= 4 is 0 Å². The van der Waals surface area contributed by atoms with Crippen LogP contribution in [0.1, 0.15) is 31.4 Å². The molecule has 1 saturated heterocycles. The molecule has 0 spiro atoms.